The Kier molecular flexibility index (Phi) is 8.02. The number of pyridine rings is 1. The Balaban J connectivity index is 1.24. The molecule has 42 heavy (non-hydrogen) atoms. The van der Waals surface area contributed by atoms with E-state index >= 15 is 4.39 Å². The van der Waals surface area contributed by atoms with Crippen LogP contribution < -0.4 is 10.9 Å². The average molecular weight is 579 g/mol. The second kappa shape index (κ2) is 11.7. The van der Waals surface area contributed by atoms with Crippen LogP contribution in [0.25, 0.3) is 5.65 Å². The molecule has 1 aliphatic carbocycles. The molecule has 1 saturated carbocycles. The highest BCUT2D eigenvalue weighted by molar-refractivity contribution is 5.75. The minimum Gasteiger partial charge on any atom is -0.321 e. The van der Waals surface area contributed by atoms with E-state index in [-0.39, 0.29) is 28.7 Å². The van der Waals surface area contributed by atoms with Gasteiger partial charge in [0, 0.05) is 62.3 Å². The number of urea groups is 1. The van der Waals surface area contributed by atoms with Gasteiger partial charge in [0.2, 0.25) is 0 Å². The molecule has 4 heterocycles. The number of halogens is 2. The number of aryl methyl sites for hydroxylation is 1. The van der Waals surface area contributed by atoms with Crippen molar-refractivity contribution in [2.24, 2.45) is 0 Å². The van der Waals surface area contributed by atoms with Crippen LogP contribution in [-0.2, 0) is 6.54 Å². The Bertz CT molecular complexity index is 1520. The maximum atomic E-state index is 15.0. The number of piperazine rings is 1. The number of carbonyl (C=O) groups is 1. The zero-order chi connectivity index (χ0) is 29.4. The van der Waals surface area contributed by atoms with Crippen molar-refractivity contribution in [2.45, 2.75) is 76.5 Å². The van der Waals surface area contributed by atoms with Crippen LogP contribution in [0.2, 0.25) is 0 Å². The standard InChI is InChI=1S/C32H40F2N6O2/c1-3-35-25-10-13-39(28(17-25)26-16-24(33)7-8-27(26)34)31(42)37-14-15-38(32(21-37)11-4-5-12-32)20-23-18-36-29-9-6-22(2)19-40(29)30(23)41/h6-9,16,18-19,25,28,35H,3-5,10-15,17,20-21H2,1-2H3/t25?,28-/m0/s1. The van der Waals surface area contributed by atoms with E-state index in [1.54, 1.807) is 15.5 Å². The highest BCUT2D eigenvalue weighted by atomic mass is 19.1. The summed E-state index contributed by atoms with van der Waals surface area (Å²) < 4.78 is 30.9. The third kappa shape index (κ3) is 5.42. The van der Waals surface area contributed by atoms with Crippen molar-refractivity contribution in [1.29, 1.82) is 0 Å². The number of hydrogen-bond acceptors (Lipinski definition) is 5. The van der Waals surface area contributed by atoms with Gasteiger partial charge in [-0.2, -0.15) is 0 Å². The molecule has 10 heteroatoms. The Morgan fingerprint density at radius 1 is 1.12 bits per heavy atom. The normalized spacial score (nSPS) is 22.8. The number of likely N-dealkylation sites (tertiary alicyclic amines) is 1. The van der Waals surface area contributed by atoms with E-state index in [1.807, 2.05) is 37.1 Å². The summed E-state index contributed by atoms with van der Waals surface area (Å²) in [6.45, 7) is 7.41. The fourth-order valence-corrected chi connectivity index (χ4v) is 7.38. The molecule has 2 saturated heterocycles. The van der Waals surface area contributed by atoms with Crippen molar-refractivity contribution in [3.63, 3.8) is 0 Å². The van der Waals surface area contributed by atoms with E-state index in [0.29, 0.717) is 50.4 Å². The number of hydrogen-bond donors (Lipinski definition) is 1. The first kappa shape index (κ1) is 28.7. The van der Waals surface area contributed by atoms with Crippen LogP contribution in [0.5, 0.6) is 0 Å². The van der Waals surface area contributed by atoms with E-state index < -0.39 is 17.7 Å². The van der Waals surface area contributed by atoms with Crippen LogP contribution in [0, 0.1) is 18.6 Å². The Morgan fingerprint density at radius 3 is 2.71 bits per heavy atom. The smallest absolute Gasteiger partial charge is 0.320 e. The number of aromatic nitrogens is 2. The van der Waals surface area contributed by atoms with Gasteiger partial charge < -0.3 is 15.1 Å². The summed E-state index contributed by atoms with van der Waals surface area (Å²) in [6, 6.07) is 6.78. The molecule has 3 fully saturated rings. The van der Waals surface area contributed by atoms with Crippen LogP contribution in [0.1, 0.15) is 68.2 Å². The van der Waals surface area contributed by atoms with Gasteiger partial charge in [-0.15, -0.1) is 0 Å². The van der Waals surface area contributed by atoms with Gasteiger partial charge in [-0.3, -0.25) is 14.1 Å². The third-order valence-electron chi connectivity index (χ3n) is 9.54. The number of carbonyl (C=O) groups excluding carboxylic acids is 1. The molecule has 1 unspecified atom stereocenters. The number of amides is 2. The minimum atomic E-state index is -0.546. The van der Waals surface area contributed by atoms with Gasteiger partial charge in [0.05, 0.1) is 11.6 Å². The molecule has 2 atom stereocenters. The van der Waals surface area contributed by atoms with Crippen LogP contribution in [0.15, 0.2) is 47.5 Å². The molecular weight excluding hydrogens is 538 g/mol. The number of benzene rings is 1. The second-order valence-corrected chi connectivity index (χ2v) is 12.2. The summed E-state index contributed by atoms with van der Waals surface area (Å²) in [5, 5.41) is 3.44. The lowest BCUT2D eigenvalue weighted by molar-refractivity contribution is -0.00253. The van der Waals surface area contributed by atoms with Gasteiger partial charge in [-0.05, 0) is 69.0 Å². The predicted octanol–water partition coefficient (Wildman–Crippen LogP) is 4.65. The average Bonchev–Trinajstić information content (AvgIpc) is 3.45. The second-order valence-electron chi connectivity index (χ2n) is 12.2. The number of nitrogens with zero attached hydrogens (tertiary/aromatic N) is 5. The highest BCUT2D eigenvalue weighted by Gasteiger charge is 2.46. The molecule has 1 aromatic carbocycles. The van der Waals surface area contributed by atoms with Crippen LogP contribution in [0.4, 0.5) is 13.6 Å². The van der Waals surface area contributed by atoms with Crippen molar-refractivity contribution in [2.75, 3.05) is 32.7 Å². The lowest BCUT2D eigenvalue weighted by atomic mass is 9.90. The fourth-order valence-electron chi connectivity index (χ4n) is 7.38. The first-order valence-electron chi connectivity index (χ1n) is 15.2. The molecule has 8 nitrogen and oxygen atoms in total. The molecule has 0 radical (unpaired) electrons. The van der Waals surface area contributed by atoms with Crippen molar-refractivity contribution in [3.8, 4) is 0 Å². The fraction of sp³-hybridized carbons (Fsp3) is 0.531. The highest BCUT2D eigenvalue weighted by Crippen LogP contribution is 2.40. The molecule has 6 rings (SSSR count). The SMILES string of the molecule is CCNC1CCN(C(=O)N2CCN(Cc3cnc4ccc(C)cn4c3=O)C3(CCCC3)C2)[C@H](c2cc(F)ccc2F)C1. The summed E-state index contributed by atoms with van der Waals surface area (Å²) in [5.41, 5.74) is 2.22. The number of rotatable bonds is 5. The molecule has 224 valence electrons. The molecule has 2 aliphatic heterocycles. The Morgan fingerprint density at radius 2 is 1.93 bits per heavy atom. The topological polar surface area (TPSA) is 73.2 Å². The van der Waals surface area contributed by atoms with Gasteiger partial charge in [-0.25, -0.2) is 18.6 Å². The number of fused-ring (bicyclic) bond motifs is 1. The van der Waals surface area contributed by atoms with Crippen molar-refractivity contribution >= 4 is 11.7 Å². The molecular formula is C32H40F2N6O2. The van der Waals surface area contributed by atoms with Crippen molar-refractivity contribution in [3.05, 3.63) is 81.4 Å². The van der Waals surface area contributed by atoms with Crippen LogP contribution in [-0.4, -0.2) is 74.4 Å². The summed E-state index contributed by atoms with van der Waals surface area (Å²) in [7, 11) is 0. The van der Waals surface area contributed by atoms with E-state index in [2.05, 4.69) is 15.2 Å². The zero-order valence-electron chi connectivity index (χ0n) is 24.5. The lowest BCUT2D eigenvalue weighted by Crippen LogP contribution is -2.64. The monoisotopic (exact) mass is 578 g/mol. The molecule has 1 N–H and O–H groups in total. The summed E-state index contributed by atoms with van der Waals surface area (Å²) in [5.74, 6) is -0.990. The van der Waals surface area contributed by atoms with Crippen LogP contribution >= 0.6 is 0 Å². The maximum Gasteiger partial charge on any atom is 0.320 e. The molecule has 1 spiro atoms. The summed E-state index contributed by atoms with van der Waals surface area (Å²) in [6.07, 6.45) is 8.84. The molecule has 0 bridgehead atoms. The number of nitrogens with one attached hydrogen (secondary N) is 1. The van der Waals surface area contributed by atoms with E-state index in [1.165, 1.54) is 6.07 Å². The summed E-state index contributed by atoms with van der Waals surface area (Å²) in [4.78, 5) is 38.2. The zero-order valence-corrected chi connectivity index (χ0v) is 24.5. The van der Waals surface area contributed by atoms with Gasteiger partial charge in [0.25, 0.3) is 5.56 Å². The van der Waals surface area contributed by atoms with Crippen molar-refractivity contribution < 1.29 is 13.6 Å². The lowest BCUT2D eigenvalue weighted by Gasteiger charge is -2.51. The maximum absolute atomic E-state index is 15.0. The van der Waals surface area contributed by atoms with E-state index in [4.69, 9.17) is 0 Å². The molecule has 2 aromatic heterocycles. The molecule has 3 aromatic rings. The first-order valence-corrected chi connectivity index (χ1v) is 15.2. The molecule has 2 amide bonds. The minimum absolute atomic E-state index is 0.0566. The first-order chi connectivity index (χ1) is 20.3. The Labute approximate surface area is 245 Å². The van der Waals surface area contributed by atoms with Crippen molar-refractivity contribution in [1.82, 2.24) is 29.4 Å². The predicted molar refractivity (Wildman–Crippen MR) is 157 cm³/mol. The largest absolute Gasteiger partial charge is 0.321 e. The Hall–Kier alpha value is -3.37. The van der Waals surface area contributed by atoms with E-state index in [9.17, 15) is 14.0 Å². The van der Waals surface area contributed by atoms with Gasteiger partial charge in [0.1, 0.15) is 17.3 Å². The quantitative estimate of drug-likeness (QED) is 0.478. The van der Waals surface area contributed by atoms with Gasteiger partial charge in [0.15, 0.2) is 0 Å². The third-order valence-corrected chi connectivity index (χ3v) is 9.54. The number of piperidine rings is 1. The van der Waals surface area contributed by atoms with Crippen LogP contribution in [0.3, 0.4) is 0 Å². The van der Waals surface area contributed by atoms with Gasteiger partial charge in [-0.1, -0.05) is 25.8 Å². The summed E-state index contributed by atoms with van der Waals surface area (Å²) >= 11 is 0. The van der Waals surface area contributed by atoms with Gasteiger partial charge >= 0.3 is 6.03 Å². The van der Waals surface area contributed by atoms with E-state index in [0.717, 1.165) is 56.3 Å². The molecule has 3 aliphatic rings.